The van der Waals surface area contributed by atoms with Gasteiger partial charge in [-0.05, 0) is 31.0 Å². The van der Waals surface area contributed by atoms with Gasteiger partial charge in [-0.2, -0.15) is 10.5 Å². The highest BCUT2D eigenvalue weighted by Crippen LogP contribution is 2.20. The average Bonchev–Trinajstić information content (AvgIpc) is 2.43. The molecule has 1 aromatic carbocycles. The number of benzene rings is 1. The van der Waals surface area contributed by atoms with Crippen LogP contribution in [-0.4, -0.2) is 30.6 Å². The van der Waals surface area contributed by atoms with E-state index >= 15 is 0 Å². The SMILES string of the molecule is N#CCN1CCC(Nc2ccc(F)cc2C#N)CC1. The molecule has 0 unspecified atom stereocenters. The fraction of sp³-hybridized carbons (Fsp3) is 0.429. The van der Waals surface area contributed by atoms with E-state index in [0.717, 1.165) is 25.9 Å². The Balaban J connectivity index is 1.96. The fourth-order valence-electron chi connectivity index (χ4n) is 2.29. The first-order chi connectivity index (χ1) is 9.22. The molecule has 1 aromatic rings. The summed E-state index contributed by atoms with van der Waals surface area (Å²) in [7, 11) is 0. The van der Waals surface area contributed by atoms with Crippen LogP contribution in [0.15, 0.2) is 18.2 Å². The number of hydrogen-bond acceptors (Lipinski definition) is 4. The van der Waals surface area contributed by atoms with Crippen LogP contribution in [0.2, 0.25) is 0 Å². The predicted octanol–water partition coefficient (Wildman–Crippen LogP) is 2.10. The minimum Gasteiger partial charge on any atom is -0.381 e. The molecule has 0 amide bonds. The van der Waals surface area contributed by atoms with Crippen LogP contribution in [-0.2, 0) is 0 Å². The summed E-state index contributed by atoms with van der Waals surface area (Å²) in [4.78, 5) is 2.11. The number of hydrogen-bond donors (Lipinski definition) is 1. The van der Waals surface area contributed by atoms with E-state index in [1.54, 1.807) is 6.07 Å². The lowest BCUT2D eigenvalue weighted by atomic mass is 10.0. The summed E-state index contributed by atoms with van der Waals surface area (Å²) in [5, 5.41) is 20.9. The zero-order valence-corrected chi connectivity index (χ0v) is 10.6. The molecule has 0 bridgehead atoms. The Morgan fingerprint density at radius 1 is 1.32 bits per heavy atom. The van der Waals surface area contributed by atoms with Crippen molar-refractivity contribution >= 4 is 5.69 Å². The summed E-state index contributed by atoms with van der Waals surface area (Å²) in [5.41, 5.74) is 1.02. The highest BCUT2D eigenvalue weighted by atomic mass is 19.1. The third-order valence-corrected chi connectivity index (χ3v) is 3.34. The lowest BCUT2D eigenvalue weighted by Gasteiger charge is -2.31. The van der Waals surface area contributed by atoms with Crippen LogP contribution in [0.3, 0.4) is 0 Å². The molecule has 2 rings (SSSR count). The largest absolute Gasteiger partial charge is 0.381 e. The van der Waals surface area contributed by atoms with Crippen LogP contribution in [0, 0.1) is 28.5 Å². The Morgan fingerprint density at radius 3 is 2.68 bits per heavy atom. The maximum Gasteiger partial charge on any atom is 0.124 e. The Kier molecular flexibility index (Phi) is 4.33. The zero-order chi connectivity index (χ0) is 13.7. The first kappa shape index (κ1) is 13.3. The van der Waals surface area contributed by atoms with Crippen molar-refractivity contribution in [3.63, 3.8) is 0 Å². The third kappa shape index (κ3) is 3.43. The highest BCUT2D eigenvalue weighted by Gasteiger charge is 2.19. The summed E-state index contributed by atoms with van der Waals surface area (Å²) >= 11 is 0. The van der Waals surface area contributed by atoms with Gasteiger partial charge < -0.3 is 5.32 Å². The highest BCUT2D eigenvalue weighted by molar-refractivity contribution is 5.57. The molecule has 1 aliphatic rings. The Hall–Kier alpha value is -2.11. The predicted molar refractivity (Wildman–Crippen MR) is 69.8 cm³/mol. The molecule has 1 aliphatic heterocycles. The second-order valence-electron chi connectivity index (χ2n) is 4.65. The molecule has 1 heterocycles. The average molecular weight is 258 g/mol. The monoisotopic (exact) mass is 258 g/mol. The summed E-state index contributed by atoms with van der Waals surface area (Å²) in [6.07, 6.45) is 1.84. The lowest BCUT2D eigenvalue weighted by molar-refractivity contribution is 0.242. The molecule has 4 nitrogen and oxygen atoms in total. The third-order valence-electron chi connectivity index (χ3n) is 3.34. The van der Waals surface area contributed by atoms with E-state index in [2.05, 4.69) is 16.3 Å². The van der Waals surface area contributed by atoms with Crippen molar-refractivity contribution in [2.24, 2.45) is 0 Å². The number of nitrogens with zero attached hydrogens (tertiary/aromatic N) is 3. The number of nitriles is 2. The first-order valence-corrected chi connectivity index (χ1v) is 6.28. The number of rotatable bonds is 3. The van der Waals surface area contributed by atoms with E-state index in [1.165, 1.54) is 12.1 Å². The van der Waals surface area contributed by atoms with Gasteiger partial charge in [0, 0.05) is 19.1 Å². The van der Waals surface area contributed by atoms with E-state index in [9.17, 15) is 4.39 Å². The van der Waals surface area contributed by atoms with Gasteiger partial charge in [0.05, 0.1) is 23.9 Å². The van der Waals surface area contributed by atoms with Crippen molar-refractivity contribution in [2.75, 3.05) is 25.0 Å². The lowest BCUT2D eigenvalue weighted by Crippen LogP contribution is -2.39. The Bertz CT molecular complexity index is 521. The smallest absolute Gasteiger partial charge is 0.124 e. The van der Waals surface area contributed by atoms with Crippen LogP contribution < -0.4 is 5.32 Å². The van der Waals surface area contributed by atoms with E-state index in [4.69, 9.17) is 10.5 Å². The number of halogens is 1. The first-order valence-electron chi connectivity index (χ1n) is 6.28. The molecule has 0 aromatic heterocycles. The van der Waals surface area contributed by atoms with Crippen molar-refractivity contribution in [3.05, 3.63) is 29.6 Å². The van der Waals surface area contributed by atoms with Gasteiger partial charge in [0.25, 0.3) is 0 Å². The Labute approximate surface area is 112 Å². The number of piperidine rings is 1. The van der Waals surface area contributed by atoms with Gasteiger partial charge in [-0.25, -0.2) is 4.39 Å². The molecule has 5 heteroatoms. The molecule has 1 fully saturated rings. The molecule has 19 heavy (non-hydrogen) atoms. The second-order valence-corrected chi connectivity index (χ2v) is 4.65. The molecular formula is C14H15FN4. The van der Waals surface area contributed by atoms with Crippen LogP contribution in [0.5, 0.6) is 0 Å². The molecule has 0 radical (unpaired) electrons. The van der Waals surface area contributed by atoms with Crippen LogP contribution in [0.4, 0.5) is 10.1 Å². The minimum absolute atomic E-state index is 0.271. The number of anilines is 1. The topological polar surface area (TPSA) is 62.9 Å². The van der Waals surface area contributed by atoms with E-state index in [-0.39, 0.29) is 6.04 Å². The summed E-state index contributed by atoms with van der Waals surface area (Å²) < 4.78 is 13.0. The quantitative estimate of drug-likeness (QED) is 0.843. The van der Waals surface area contributed by atoms with Crippen molar-refractivity contribution in [1.82, 2.24) is 4.90 Å². The normalized spacial score (nSPS) is 16.6. The summed E-state index contributed by atoms with van der Waals surface area (Å²) in [6, 6.07) is 8.62. The maximum atomic E-state index is 13.0. The second kappa shape index (κ2) is 6.17. The molecule has 1 N–H and O–H groups in total. The zero-order valence-electron chi connectivity index (χ0n) is 10.6. The van der Waals surface area contributed by atoms with Crippen molar-refractivity contribution in [2.45, 2.75) is 18.9 Å². The van der Waals surface area contributed by atoms with Crippen LogP contribution in [0.25, 0.3) is 0 Å². The maximum absolute atomic E-state index is 13.0. The van der Waals surface area contributed by atoms with Crippen molar-refractivity contribution in [1.29, 1.82) is 10.5 Å². The molecule has 0 spiro atoms. The molecule has 98 valence electrons. The fourth-order valence-corrected chi connectivity index (χ4v) is 2.29. The molecule has 0 atom stereocenters. The van der Waals surface area contributed by atoms with Crippen LogP contribution >= 0.6 is 0 Å². The number of likely N-dealkylation sites (tertiary alicyclic amines) is 1. The van der Waals surface area contributed by atoms with Crippen molar-refractivity contribution < 1.29 is 4.39 Å². The van der Waals surface area contributed by atoms with E-state index in [1.807, 2.05) is 6.07 Å². The molecule has 0 saturated carbocycles. The van der Waals surface area contributed by atoms with Gasteiger partial charge >= 0.3 is 0 Å². The van der Waals surface area contributed by atoms with Gasteiger partial charge in [0.15, 0.2) is 0 Å². The molecular weight excluding hydrogens is 243 g/mol. The summed E-state index contributed by atoms with van der Waals surface area (Å²) in [5.74, 6) is -0.397. The van der Waals surface area contributed by atoms with Gasteiger partial charge in [-0.1, -0.05) is 0 Å². The standard InChI is InChI=1S/C14H15FN4/c15-12-1-2-14(11(9-12)10-17)18-13-3-6-19(7-4-13)8-5-16/h1-2,9,13,18H,3-4,6-8H2. The van der Waals surface area contributed by atoms with Crippen LogP contribution in [0.1, 0.15) is 18.4 Å². The van der Waals surface area contributed by atoms with Gasteiger partial charge in [0.1, 0.15) is 11.9 Å². The van der Waals surface area contributed by atoms with Gasteiger partial charge in [-0.15, -0.1) is 0 Å². The van der Waals surface area contributed by atoms with Gasteiger partial charge in [0.2, 0.25) is 0 Å². The van der Waals surface area contributed by atoms with E-state index < -0.39 is 5.82 Å². The molecule has 1 saturated heterocycles. The van der Waals surface area contributed by atoms with Crippen molar-refractivity contribution in [3.8, 4) is 12.1 Å². The molecule has 0 aliphatic carbocycles. The van der Waals surface area contributed by atoms with E-state index in [0.29, 0.717) is 17.8 Å². The number of nitrogens with one attached hydrogen (secondary N) is 1. The summed E-state index contributed by atoms with van der Waals surface area (Å²) in [6.45, 7) is 2.20. The Morgan fingerprint density at radius 2 is 2.05 bits per heavy atom. The minimum atomic E-state index is -0.397. The van der Waals surface area contributed by atoms with Gasteiger partial charge in [-0.3, -0.25) is 4.90 Å².